The van der Waals surface area contributed by atoms with Gasteiger partial charge < -0.3 is 14.2 Å². The molecule has 5 unspecified atom stereocenters. The second-order valence-corrected chi connectivity index (χ2v) is 5.33. The van der Waals surface area contributed by atoms with Crippen LogP contribution in [0.5, 0.6) is 0 Å². The lowest BCUT2D eigenvalue weighted by molar-refractivity contribution is -0.202. The highest BCUT2D eigenvalue weighted by Gasteiger charge is 2.43. The Morgan fingerprint density at radius 2 is 1.80 bits per heavy atom. The van der Waals surface area contributed by atoms with Gasteiger partial charge in [0.05, 0.1) is 12.2 Å². The van der Waals surface area contributed by atoms with Crippen LogP contribution in [0, 0.1) is 11.8 Å². The van der Waals surface area contributed by atoms with Crippen molar-refractivity contribution >= 4 is 11.9 Å². The maximum Gasteiger partial charge on any atom is 0.303 e. The standard InChI is InChI=1S/C15H24O5/c1-6-7-13-15(19-12(5)17)10(3)9(2)14(20-13)8-18-11(4)16/h6,9-10,13-15H,1,7-8H2,2-5H3. The van der Waals surface area contributed by atoms with E-state index in [1.807, 2.05) is 13.8 Å². The number of hydrogen-bond acceptors (Lipinski definition) is 5. The van der Waals surface area contributed by atoms with E-state index >= 15 is 0 Å². The van der Waals surface area contributed by atoms with E-state index in [4.69, 9.17) is 14.2 Å². The zero-order valence-corrected chi connectivity index (χ0v) is 12.6. The van der Waals surface area contributed by atoms with Gasteiger partial charge in [0.25, 0.3) is 0 Å². The molecule has 5 atom stereocenters. The van der Waals surface area contributed by atoms with E-state index in [9.17, 15) is 9.59 Å². The first kappa shape index (κ1) is 16.7. The Bertz CT molecular complexity index is 363. The molecular formula is C15H24O5. The Morgan fingerprint density at radius 3 is 2.30 bits per heavy atom. The molecule has 1 aliphatic rings. The van der Waals surface area contributed by atoms with Crippen LogP contribution in [0.3, 0.4) is 0 Å². The van der Waals surface area contributed by atoms with Crippen LogP contribution in [0.25, 0.3) is 0 Å². The highest BCUT2D eigenvalue weighted by molar-refractivity contribution is 5.66. The summed E-state index contributed by atoms with van der Waals surface area (Å²) in [4.78, 5) is 22.2. The summed E-state index contributed by atoms with van der Waals surface area (Å²) >= 11 is 0. The van der Waals surface area contributed by atoms with E-state index in [-0.39, 0.29) is 48.7 Å². The summed E-state index contributed by atoms with van der Waals surface area (Å²) in [6.07, 6.45) is 1.60. The third kappa shape index (κ3) is 4.34. The van der Waals surface area contributed by atoms with Crippen molar-refractivity contribution < 1.29 is 23.8 Å². The molecule has 0 aromatic rings. The number of rotatable bonds is 5. The van der Waals surface area contributed by atoms with E-state index in [1.165, 1.54) is 13.8 Å². The molecule has 1 rings (SSSR count). The summed E-state index contributed by atoms with van der Waals surface area (Å²) < 4.78 is 16.4. The molecule has 1 saturated heterocycles. The lowest BCUT2D eigenvalue weighted by Crippen LogP contribution is -2.52. The molecule has 5 nitrogen and oxygen atoms in total. The third-order valence-electron chi connectivity index (χ3n) is 3.80. The van der Waals surface area contributed by atoms with Crippen LogP contribution < -0.4 is 0 Å². The molecule has 0 aromatic carbocycles. The first-order valence-corrected chi connectivity index (χ1v) is 6.93. The van der Waals surface area contributed by atoms with Crippen LogP contribution >= 0.6 is 0 Å². The van der Waals surface area contributed by atoms with Crippen LogP contribution in [0.4, 0.5) is 0 Å². The predicted molar refractivity (Wildman–Crippen MR) is 74.0 cm³/mol. The monoisotopic (exact) mass is 284 g/mol. The van der Waals surface area contributed by atoms with E-state index in [0.717, 1.165) is 0 Å². The molecule has 0 amide bonds. The van der Waals surface area contributed by atoms with Crippen molar-refractivity contribution in [2.24, 2.45) is 11.8 Å². The Hall–Kier alpha value is -1.36. The molecule has 0 aromatic heterocycles. The zero-order valence-electron chi connectivity index (χ0n) is 12.6. The molecule has 0 N–H and O–H groups in total. The van der Waals surface area contributed by atoms with Gasteiger partial charge in [-0.05, 0) is 12.3 Å². The zero-order chi connectivity index (χ0) is 15.3. The normalized spacial score (nSPS) is 33.3. The Morgan fingerprint density at radius 1 is 1.15 bits per heavy atom. The van der Waals surface area contributed by atoms with E-state index in [1.54, 1.807) is 6.08 Å². The maximum absolute atomic E-state index is 11.2. The Labute approximate surface area is 120 Å². The number of carbonyl (C=O) groups excluding carboxylic acids is 2. The van der Waals surface area contributed by atoms with Crippen molar-refractivity contribution in [1.82, 2.24) is 0 Å². The van der Waals surface area contributed by atoms with Crippen LogP contribution in [0.1, 0.15) is 34.1 Å². The SMILES string of the molecule is C=CCC1OC(COC(C)=O)C(C)C(C)C1OC(C)=O. The van der Waals surface area contributed by atoms with Crippen molar-refractivity contribution in [2.75, 3.05) is 6.61 Å². The Balaban J connectivity index is 2.79. The van der Waals surface area contributed by atoms with Gasteiger partial charge >= 0.3 is 11.9 Å². The number of hydrogen-bond donors (Lipinski definition) is 0. The smallest absolute Gasteiger partial charge is 0.303 e. The van der Waals surface area contributed by atoms with Gasteiger partial charge in [0.2, 0.25) is 0 Å². The summed E-state index contributed by atoms with van der Waals surface area (Å²) in [7, 11) is 0. The largest absolute Gasteiger partial charge is 0.463 e. The fraction of sp³-hybridized carbons (Fsp3) is 0.733. The van der Waals surface area contributed by atoms with Gasteiger partial charge in [-0.2, -0.15) is 0 Å². The molecule has 114 valence electrons. The fourth-order valence-electron chi connectivity index (χ4n) is 2.52. The minimum absolute atomic E-state index is 0.123. The van der Waals surface area contributed by atoms with Crippen molar-refractivity contribution in [3.8, 4) is 0 Å². The average molecular weight is 284 g/mol. The van der Waals surface area contributed by atoms with Crippen molar-refractivity contribution in [2.45, 2.75) is 52.4 Å². The van der Waals surface area contributed by atoms with Crippen molar-refractivity contribution in [3.63, 3.8) is 0 Å². The van der Waals surface area contributed by atoms with Gasteiger partial charge in [-0.1, -0.05) is 19.9 Å². The maximum atomic E-state index is 11.2. The third-order valence-corrected chi connectivity index (χ3v) is 3.80. The topological polar surface area (TPSA) is 61.8 Å². The molecule has 0 radical (unpaired) electrons. The van der Waals surface area contributed by atoms with Gasteiger partial charge in [-0.3, -0.25) is 9.59 Å². The van der Waals surface area contributed by atoms with Crippen LogP contribution in [-0.4, -0.2) is 36.9 Å². The second-order valence-electron chi connectivity index (χ2n) is 5.33. The van der Waals surface area contributed by atoms with Crippen LogP contribution in [0.15, 0.2) is 12.7 Å². The average Bonchev–Trinajstić information content (AvgIpc) is 2.36. The lowest BCUT2D eigenvalue weighted by Gasteiger charge is -2.43. The fourth-order valence-corrected chi connectivity index (χ4v) is 2.52. The molecule has 1 fully saturated rings. The van der Waals surface area contributed by atoms with Crippen LogP contribution in [-0.2, 0) is 23.8 Å². The van der Waals surface area contributed by atoms with Crippen molar-refractivity contribution in [3.05, 3.63) is 12.7 Å². The minimum atomic E-state index is -0.323. The molecule has 0 saturated carbocycles. The van der Waals surface area contributed by atoms with Crippen LogP contribution in [0.2, 0.25) is 0 Å². The minimum Gasteiger partial charge on any atom is -0.463 e. The molecule has 0 spiro atoms. The lowest BCUT2D eigenvalue weighted by atomic mass is 9.80. The number of carbonyl (C=O) groups is 2. The van der Waals surface area contributed by atoms with E-state index in [2.05, 4.69) is 6.58 Å². The number of esters is 2. The molecule has 0 aliphatic carbocycles. The predicted octanol–water partition coefficient (Wildman–Crippen LogP) is 2.10. The first-order valence-electron chi connectivity index (χ1n) is 6.93. The summed E-state index contributed by atoms with van der Waals surface area (Å²) in [6, 6.07) is 0. The molecule has 20 heavy (non-hydrogen) atoms. The van der Waals surface area contributed by atoms with Gasteiger partial charge in [0.1, 0.15) is 12.7 Å². The summed E-state index contributed by atoms with van der Waals surface area (Å²) in [5.74, 6) is -0.390. The van der Waals surface area contributed by atoms with Crippen molar-refractivity contribution in [1.29, 1.82) is 0 Å². The molecule has 1 aliphatic heterocycles. The highest BCUT2D eigenvalue weighted by atomic mass is 16.6. The molecule has 1 heterocycles. The van der Waals surface area contributed by atoms with Gasteiger partial charge in [0, 0.05) is 19.8 Å². The van der Waals surface area contributed by atoms with Gasteiger partial charge in [-0.25, -0.2) is 0 Å². The molecule has 5 heteroatoms. The summed E-state index contributed by atoms with van der Waals surface area (Å²) in [5, 5.41) is 0. The summed E-state index contributed by atoms with van der Waals surface area (Å²) in [5.41, 5.74) is 0. The molecular weight excluding hydrogens is 260 g/mol. The van der Waals surface area contributed by atoms with E-state index < -0.39 is 0 Å². The van der Waals surface area contributed by atoms with Gasteiger partial charge in [-0.15, -0.1) is 6.58 Å². The second kappa shape index (κ2) is 7.43. The first-order chi connectivity index (χ1) is 9.36. The van der Waals surface area contributed by atoms with Gasteiger partial charge in [0.15, 0.2) is 0 Å². The quantitative estimate of drug-likeness (QED) is 0.571. The Kier molecular flexibility index (Phi) is 6.20. The highest BCUT2D eigenvalue weighted by Crippen LogP contribution is 2.34. The molecule has 0 bridgehead atoms. The summed E-state index contributed by atoms with van der Waals surface area (Å²) in [6.45, 7) is 10.7. The number of ether oxygens (including phenoxy) is 3. The van der Waals surface area contributed by atoms with E-state index in [0.29, 0.717) is 6.42 Å².